The van der Waals surface area contributed by atoms with Crippen LogP contribution < -0.4 is 10.6 Å². The Morgan fingerprint density at radius 1 is 0.346 bits per heavy atom. The fourth-order valence-electron chi connectivity index (χ4n) is 10.3. The summed E-state index contributed by atoms with van der Waals surface area (Å²) in [5, 5.41) is 208. The van der Waals surface area contributed by atoms with Crippen molar-refractivity contribution in [3.8, 4) is 0 Å². The Kier molecular flexibility index (Phi) is 23.2. The van der Waals surface area contributed by atoms with Crippen molar-refractivity contribution in [1.29, 1.82) is 0 Å². The molecule has 7 aliphatic heterocycles. The van der Waals surface area contributed by atoms with Gasteiger partial charge < -0.3 is 169 Å². The number of amides is 2. The number of carbonyl (C=O) groups is 2. The number of hydrogen-bond donors (Lipinski definition) is 21. The highest BCUT2D eigenvalue weighted by Crippen LogP contribution is 2.37. The Labute approximate surface area is 459 Å². The van der Waals surface area contributed by atoms with Crippen molar-refractivity contribution in [2.45, 2.75) is 229 Å². The molecule has 0 aliphatic carbocycles. The molecule has 21 N–H and O–H groups in total. The zero-order chi connectivity index (χ0) is 59.6. The first-order chi connectivity index (χ1) is 38.3. The number of rotatable bonds is 20. The third-order valence-corrected chi connectivity index (χ3v) is 14.9. The molecule has 0 aromatic rings. The molecule has 81 heavy (non-hydrogen) atoms. The molecule has 36 heteroatoms. The maximum Gasteiger partial charge on any atom is 0.217 e. The van der Waals surface area contributed by atoms with Crippen molar-refractivity contribution in [3.05, 3.63) is 0 Å². The molecule has 0 radical (unpaired) electrons. The van der Waals surface area contributed by atoms with Crippen molar-refractivity contribution in [3.63, 3.8) is 0 Å². The normalized spacial score (nSPS) is 50.7. The van der Waals surface area contributed by atoms with E-state index < -0.39 is 260 Å². The SMILES string of the molecule is CC(=O)N[C@@H]1[C@@H](O[C@@H]2O[C@@H](C)[C@@H](O)[C@@H](O)[C@@H]2O)[C@H](O[C@@H]2O[C@H](CO)[C@@H](O[C@@H]3O[C@H](CO[C@H]4O[C@H](CO[C@H]5O[C@H](CO)[C@@H](O)[C@H](O)[C@@H]5O)[C@@H](O)[C@H](O)[C@@H]4O)[C@@H](O)[C@H](O)[C@@H]3O[C@@H]3O[C@H](CO)[C@H](O)[C@H]3O)[C@H](O)[C@H]2NC(C)=O)[C@@H](CO)O[C@H]1O. The standard InChI is InChI=1S/C45H76N2O34/c1-10-21(54)27(60)34(67)43(71-10)80-37-20(47-12(3)53)39(68)72-16(7-51)36(37)79-40-19(46-11(2)52)26(59)35(15(6-50)75-40)78-45-38(81-44-31(64)23(56)14(5-49)74-44)30(63)25(58)18(77-45)9-70-42-33(66)29(62)24(57)17(76-42)8-69-41-32(65)28(61)22(55)13(4-48)73-41/h10,13-45,48-51,54-68H,4-9H2,1-3H3,(H,46,52)(H,47,53)/t10-,13+,14+,15+,16+,17+,18+,19+,20+,21+,22+,23-,24+,25+,26+,27+,28-,29-,30-,31+,32-,33-,34-,35+,36+,37+,38-,39+,40-,41-,42-,43-,44-,45-/m0/s1. The molecular formula is C45H76N2O34. The summed E-state index contributed by atoms with van der Waals surface area (Å²) < 4.78 is 75.1. The fourth-order valence-corrected chi connectivity index (χ4v) is 10.3. The van der Waals surface area contributed by atoms with Crippen molar-refractivity contribution in [2.75, 3.05) is 39.6 Å². The van der Waals surface area contributed by atoms with Crippen LogP contribution in [0.25, 0.3) is 0 Å². The van der Waals surface area contributed by atoms with Crippen molar-refractivity contribution in [2.24, 2.45) is 0 Å². The van der Waals surface area contributed by atoms with Crippen LogP contribution in [0.15, 0.2) is 0 Å². The van der Waals surface area contributed by atoms with Crippen LogP contribution in [-0.4, -0.2) is 357 Å². The number of aliphatic hydroxyl groups excluding tert-OH is 19. The Balaban J connectivity index is 1.13. The van der Waals surface area contributed by atoms with Crippen LogP contribution in [0.2, 0.25) is 0 Å². The van der Waals surface area contributed by atoms with E-state index in [1.54, 1.807) is 0 Å². The molecular weight excluding hydrogens is 1110 g/mol. The van der Waals surface area contributed by atoms with Gasteiger partial charge in [0.25, 0.3) is 0 Å². The Morgan fingerprint density at radius 3 is 1.26 bits per heavy atom. The second-order valence-electron chi connectivity index (χ2n) is 20.6. The van der Waals surface area contributed by atoms with Crippen molar-refractivity contribution < 1.29 is 168 Å². The Bertz CT molecular complexity index is 1990. The minimum absolute atomic E-state index is 0.769. The molecule has 0 saturated carbocycles. The predicted octanol–water partition coefficient (Wildman–Crippen LogP) is -14.3. The largest absolute Gasteiger partial charge is 0.394 e. The molecule has 7 rings (SSSR count). The lowest BCUT2D eigenvalue weighted by molar-refractivity contribution is -0.384. The third kappa shape index (κ3) is 14.4. The van der Waals surface area contributed by atoms with Gasteiger partial charge in [-0.2, -0.15) is 0 Å². The van der Waals surface area contributed by atoms with Gasteiger partial charge in [0.15, 0.2) is 44.0 Å². The molecule has 7 heterocycles. The van der Waals surface area contributed by atoms with Crippen LogP contribution in [0.4, 0.5) is 0 Å². The van der Waals surface area contributed by atoms with E-state index in [1.165, 1.54) is 6.92 Å². The van der Waals surface area contributed by atoms with Crippen LogP contribution in [0.3, 0.4) is 0 Å². The van der Waals surface area contributed by atoms with Gasteiger partial charge in [0, 0.05) is 13.8 Å². The summed E-state index contributed by atoms with van der Waals surface area (Å²) in [6.45, 7) is -2.09. The topological polar surface area (TPSA) is 563 Å². The lowest BCUT2D eigenvalue weighted by Crippen LogP contribution is -2.71. The third-order valence-electron chi connectivity index (χ3n) is 14.9. The first kappa shape index (κ1) is 66.2. The van der Waals surface area contributed by atoms with E-state index in [0.29, 0.717) is 0 Å². The average molecular weight is 1190 g/mol. The molecule has 36 nitrogen and oxygen atoms in total. The van der Waals surface area contributed by atoms with Gasteiger partial charge in [-0.3, -0.25) is 9.59 Å². The monoisotopic (exact) mass is 1190 g/mol. The molecule has 34 atom stereocenters. The summed E-state index contributed by atoms with van der Waals surface area (Å²) in [6.07, 6.45) is -59.3. The van der Waals surface area contributed by atoms with Gasteiger partial charge in [0.1, 0.15) is 159 Å². The van der Waals surface area contributed by atoms with Gasteiger partial charge >= 0.3 is 0 Å². The first-order valence-corrected chi connectivity index (χ1v) is 25.9. The fraction of sp³-hybridized carbons (Fsp3) is 0.956. The summed E-state index contributed by atoms with van der Waals surface area (Å²) in [4.78, 5) is 25.3. The summed E-state index contributed by atoms with van der Waals surface area (Å²) in [7, 11) is 0. The number of aliphatic hydroxyl groups is 19. The second-order valence-corrected chi connectivity index (χ2v) is 20.6. The highest BCUT2D eigenvalue weighted by Gasteiger charge is 2.58. The minimum Gasteiger partial charge on any atom is -0.394 e. The number of nitrogens with one attached hydrogen (secondary N) is 2. The average Bonchev–Trinajstić information content (AvgIpc) is 3.71. The van der Waals surface area contributed by atoms with Gasteiger partial charge in [0.2, 0.25) is 11.8 Å². The van der Waals surface area contributed by atoms with Crippen LogP contribution >= 0.6 is 0 Å². The van der Waals surface area contributed by atoms with Crippen LogP contribution in [0.1, 0.15) is 20.8 Å². The van der Waals surface area contributed by atoms with Gasteiger partial charge in [-0.05, 0) is 6.92 Å². The molecule has 0 aromatic carbocycles. The molecule has 7 saturated heterocycles. The summed E-state index contributed by atoms with van der Waals surface area (Å²) in [5.74, 6) is -1.66. The quantitative estimate of drug-likeness (QED) is 0.0538. The first-order valence-electron chi connectivity index (χ1n) is 25.9. The van der Waals surface area contributed by atoms with Crippen LogP contribution in [-0.2, 0) is 71.2 Å². The van der Waals surface area contributed by atoms with E-state index in [1.807, 2.05) is 0 Å². The zero-order valence-electron chi connectivity index (χ0n) is 43.5. The van der Waals surface area contributed by atoms with Gasteiger partial charge in [-0.15, -0.1) is 0 Å². The molecule has 7 aliphatic rings. The molecule has 0 bridgehead atoms. The molecule has 7 fully saturated rings. The van der Waals surface area contributed by atoms with E-state index in [-0.39, 0.29) is 0 Å². The van der Waals surface area contributed by atoms with Gasteiger partial charge in [-0.1, -0.05) is 0 Å². The highest BCUT2D eigenvalue weighted by atomic mass is 16.8. The summed E-state index contributed by atoms with van der Waals surface area (Å²) in [6, 6.07) is -3.49. The molecule has 0 unspecified atom stereocenters. The summed E-state index contributed by atoms with van der Waals surface area (Å²) >= 11 is 0. The molecule has 2 amide bonds. The van der Waals surface area contributed by atoms with E-state index in [2.05, 4.69) is 10.6 Å². The van der Waals surface area contributed by atoms with Crippen molar-refractivity contribution in [1.82, 2.24) is 10.6 Å². The predicted molar refractivity (Wildman–Crippen MR) is 248 cm³/mol. The van der Waals surface area contributed by atoms with E-state index in [9.17, 15) is 107 Å². The smallest absolute Gasteiger partial charge is 0.217 e. The van der Waals surface area contributed by atoms with E-state index >= 15 is 0 Å². The summed E-state index contributed by atoms with van der Waals surface area (Å²) in [5.41, 5.74) is 0. The van der Waals surface area contributed by atoms with E-state index in [0.717, 1.165) is 13.8 Å². The van der Waals surface area contributed by atoms with Crippen molar-refractivity contribution >= 4 is 11.8 Å². The van der Waals surface area contributed by atoms with Crippen LogP contribution in [0, 0.1) is 0 Å². The molecule has 0 aromatic heterocycles. The maximum absolute atomic E-state index is 12.9. The highest BCUT2D eigenvalue weighted by molar-refractivity contribution is 5.73. The minimum atomic E-state index is -2.22. The van der Waals surface area contributed by atoms with Gasteiger partial charge in [0.05, 0.1) is 45.7 Å². The second kappa shape index (κ2) is 28.4. The van der Waals surface area contributed by atoms with E-state index in [4.69, 9.17) is 61.6 Å². The Hall–Kier alpha value is -2.34. The number of hydrogen-bond acceptors (Lipinski definition) is 34. The Morgan fingerprint density at radius 2 is 0.716 bits per heavy atom. The zero-order valence-corrected chi connectivity index (χ0v) is 43.5. The lowest BCUT2D eigenvalue weighted by Gasteiger charge is -2.51. The lowest BCUT2D eigenvalue weighted by atomic mass is 9.93. The number of carbonyl (C=O) groups excluding carboxylic acids is 2. The number of ether oxygens (including phenoxy) is 13. The molecule has 470 valence electrons. The van der Waals surface area contributed by atoms with Crippen LogP contribution in [0.5, 0.6) is 0 Å². The molecule has 0 spiro atoms. The van der Waals surface area contributed by atoms with Gasteiger partial charge in [-0.25, -0.2) is 0 Å². The maximum atomic E-state index is 12.9.